The molecule has 1 aromatic carbocycles. The summed E-state index contributed by atoms with van der Waals surface area (Å²) in [4.78, 5) is 29.4. The highest BCUT2D eigenvalue weighted by molar-refractivity contribution is 8.00. The Morgan fingerprint density at radius 2 is 2.04 bits per heavy atom. The van der Waals surface area contributed by atoms with Crippen molar-refractivity contribution in [3.8, 4) is 0 Å². The summed E-state index contributed by atoms with van der Waals surface area (Å²) in [6.45, 7) is 5.96. The molecule has 1 atom stereocenters. The van der Waals surface area contributed by atoms with Crippen molar-refractivity contribution in [2.75, 3.05) is 6.61 Å². The first-order valence-electron chi connectivity index (χ1n) is 8.01. The molecular weight excluding hydrogens is 326 g/mol. The quantitative estimate of drug-likeness (QED) is 0.588. The Hall–Kier alpha value is -1.86. The highest BCUT2D eigenvalue weighted by Gasteiger charge is 2.19. The summed E-state index contributed by atoms with van der Waals surface area (Å²) in [5.74, 6) is -0.0916. The van der Waals surface area contributed by atoms with Crippen LogP contribution >= 0.6 is 11.8 Å². The molecule has 0 aliphatic carbocycles. The summed E-state index contributed by atoms with van der Waals surface area (Å²) in [6.07, 6.45) is 0.458. The van der Waals surface area contributed by atoms with Crippen LogP contribution in [0.15, 0.2) is 34.2 Å². The summed E-state index contributed by atoms with van der Waals surface area (Å²) < 4.78 is 1.54. The number of carbonyl (C=O) groups is 1. The third-order valence-electron chi connectivity index (χ3n) is 3.45. The fourth-order valence-electron chi connectivity index (χ4n) is 2.28. The Morgan fingerprint density at radius 1 is 1.33 bits per heavy atom. The van der Waals surface area contributed by atoms with E-state index in [1.54, 1.807) is 29.7 Å². The average molecular weight is 349 g/mol. The molecule has 0 saturated carbocycles. The number of rotatable bonds is 7. The van der Waals surface area contributed by atoms with E-state index in [-0.39, 0.29) is 29.4 Å². The van der Waals surface area contributed by atoms with Gasteiger partial charge in [-0.05, 0) is 39.3 Å². The van der Waals surface area contributed by atoms with Gasteiger partial charge in [0.05, 0.1) is 16.2 Å². The maximum absolute atomic E-state index is 12.7. The van der Waals surface area contributed by atoms with Crippen molar-refractivity contribution < 1.29 is 9.90 Å². The molecule has 7 heteroatoms. The van der Waals surface area contributed by atoms with Crippen molar-refractivity contribution in [2.24, 2.45) is 0 Å². The first kappa shape index (κ1) is 18.5. The van der Waals surface area contributed by atoms with E-state index >= 15 is 0 Å². The predicted molar refractivity (Wildman–Crippen MR) is 96.3 cm³/mol. The Labute approximate surface area is 145 Å². The number of aliphatic hydroxyl groups is 1. The van der Waals surface area contributed by atoms with Gasteiger partial charge >= 0.3 is 0 Å². The van der Waals surface area contributed by atoms with E-state index in [0.717, 1.165) is 0 Å². The van der Waals surface area contributed by atoms with Gasteiger partial charge in [0, 0.05) is 19.2 Å². The summed E-state index contributed by atoms with van der Waals surface area (Å²) in [5.41, 5.74) is 0.467. The lowest BCUT2D eigenvalue weighted by atomic mass is 10.2. The summed E-state index contributed by atoms with van der Waals surface area (Å²) in [6, 6.07) is 7.21. The smallest absolute Gasteiger partial charge is 0.262 e. The van der Waals surface area contributed by atoms with Crippen molar-refractivity contribution in [2.45, 2.75) is 50.2 Å². The highest BCUT2D eigenvalue weighted by atomic mass is 32.2. The van der Waals surface area contributed by atoms with Gasteiger partial charge in [0.25, 0.3) is 5.56 Å². The fraction of sp³-hybridized carbons (Fsp3) is 0.471. The molecule has 0 bridgehead atoms. The van der Waals surface area contributed by atoms with Crippen LogP contribution in [0.4, 0.5) is 0 Å². The lowest BCUT2D eigenvalue weighted by Crippen LogP contribution is -2.36. The van der Waals surface area contributed by atoms with E-state index in [1.807, 2.05) is 19.9 Å². The van der Waals surface area contributed by atoms with Gasteiger partial charge in [0.2, 0.25) is 5.91 Å². The highest BCUT2D eigenvalue weighted by Crippen LogP contribution is 2.23. The zero-order chi connectivity index (χ0) is 17.7. The third kappa shape index (κ3) is 4.36. The number of hydrogen-bond acceptors (Lipinski definition) is 5. The number of amides is 1. The van der Waals surface area contributed by atoms with Crippen molar-refractivity contribution in [3.63, 3.8) is 0 Å². The van der Waals surface area contributed by atoms with E-state index in [4.69, 9.17) is 5.11 Å². The van der Waals surface area contributed by atoms with E-state index in [1.165, 1.54) is 11.8 Å². The number of hydrogen-bond donors (Lipinski definition) is 2. The lowest BCUT2D eigenvalue weighted by molar-refractivity contribution is -0.120. The van der Waals surface area contributed by atoms with Gasteiger partial charge in [-0.1, -0.05) is 23.9 Å². The van der Waals surface area contributed by atoms with Gasteiger partial charge in [-0.3, -0.25) is 14.2 Å². The molecule has 0 aliphatic rings. The van der Waals surface area contributed by atoms with Crippen LogP contribution < -0.4 is 10.9 Å². The van der Waals surface area contributed by atoms with Crippen LogP contribution in [-0.4, -0.2) is 38.5 Å². The van der Waals surface area contributed by atoms with Gasteiger partial charge in [-0.25, -0.2) is 4.98 Å². The topological polar surface area (TPSA) is 84.2 Å². The lowest BCUT2D eigenvalue weighted by Gasteiger charge is -2.17. The Bertz CT molecular complexity index is 773. The van der Waals surface area contributed by atoms with E-state index in [0.29, 0.717) is 29.0 Å². The molecule has 2 aromatic rings. The van der Waals surface area contributed by atoms with Crippen molar-refractivity contribution in [3.05, 3.63) is 34.6 Å². The SMILES string of the molecule is CC(C)NC(=O)C(C)Sc1nc2ccccc2c(=O)n1CCCO. The second-order valence-electron chi connectivity index (χ2n) is 5.87. The molecule has 1 heterocycles. The normalized spacial score (nSPS) is 12.5. The Kier molecular flexibility index (Phi) is 6.39. The molecule has 2 rings (SSSR count). The molecule has 1 aromatic heterocycles. The number of aliphatic hydroxyl groups excluding tert-OH is 1. The van der Waals surface area contributed by atoms with E-state index < -0.39 is 0 Å². The van der Waals surface area contributed by atoms with Gasteiger partial charge in [0.1, 0.15) is 0 Å². The Balaban J connectivity index is 2.39. The molecule has 1 unspecified atom stereocenters. The second-order valence-corrected chi connectivity index (χ2v) is 7.18. The maximum Gasteiger partial charge on any atom is 0.262 e. The second kappa shape index (κ2) is 8.30. The van der Waals surface area contributed by atoms with Crippen LogP contribution in [0.2, 0.25) is 0 Å². The van der Waals surface area contributed by atoms with Crippen molar-refractivity contribution in [1.82, 2.24) is 14.9 Å². The standard InChI is InChI=1S/C17H23N3O3S/c1-11(2)18-15(22)12(3)24-17-19-14-8-5-4-7-13(14)16(23)20(17)9-6-10-21/h4-5,7-8,11-12,21H,6,9-10H2,1-3H3,(H,18,22). The molecule has 2 N–H and O–H groups in total. The largest absolute Gasteiger partial charge is 0.396 e. The van der Waals surface area contributed by atoms with E-state index in [9.17, 15) is 9.59 Å². The molecule has 1 amide bonds. The van der Waals surface area contributed by atoms with Crippen LogP contribution in [-0.2, 0) is 11.3 Å². The van der Waals surface area contributed by atoms with Crippen LogP contribution in [0, 0.1) is 0 Å². The van der Waals surface area contributed by atoms with Crippen LogP contribution in [0.3, 0.4) is 0 Å². The fourth-order valence-corrected chi connectivity index (χ4v) is 3.22. The molecule has 130 valence electrons. The molecule has 0 fully saturated rings. The minimum Gasteiger partial charge on any atom is -0.396 e. The average Bonchev–Trinajstić information content (AvgIpc) is 2.54. The van der Waals surface area contributed by atoms with Crippen LogP contribution in [0.25, 0.3) is 10.9 Å². The summed E-state index contributed by atoms with van der Waals surface area (Å²) in [7, 11) is 0. The number of fused-ring (bicyclic) bond motifs is 1. The molecule has 0 radical (unpaired) electrons. The summed E-state index contributed by atoms with van der Waals surface area (Å²) in [5, 5.41) is 12.6. The van der Waals surface area contributed by atoms with Crippen LogP contribution in [0.5, 0.6) is 0 Å². The number of nitrogens with one attached hydrogen (secondary N) is 1. The number of nitrogens with zero attached hydrogens (tertiary/aromatic N) is 2. The predicted octanol–water partition coefficient (Wildman–Crippen LogP) is 1.78. The zero-order valence-corrected chi connectivity index (χ0v) is 15.0. The van der Waals surface area contributed by atoms with Gasteiger partial charge in [0.15, 0.2) is 5.16 Å². The number of para-hydroxylation sites is 1. The maximum atomic E-state index is 12.7. The summed E-state index contributed by atoms with van der Waals surface area (Å²) >= 11 is 1.26. The third-order valence-corrected chi connectivity index (χ3v) is 4.54. The minimum absolute atomic E-state index is 0.00718. The van der Waals surface area contributed by atoms with Gasteiger partial charge < -0.3 is 10.4 Å². The number of aromatic nitrogens is 2. The van der Waals surface area contributed by atoms with Crippen molar-refractivity contribution in [1.29, 1.82) is 0 Å². The molecule has 0 spiro atoms. The first-order valence-corrected chi connectivity index (χ1v) is 8.89. The molecule has 6 nitrogen and oxygen atoms in total. The number of carbonyl (C=O) groups excluding carboxylic acids is 1. The molecule has 0 saturated heterocycles. The number of benzene rings is 1. The first-order chi connectivity index (χ1) is 11.4. The van der Waals surface area contributed by atoms with Crippen LogP contribution in [0.1, 0.15) is 27.2 Å². The molecule has 0 aliphatic heterocycles. The van der Waals surface area contributed by atoms with Crippen molar-refractivity contribution >= 4 is 28.6 Å². The van der Waals surface area contributed by atoms with Gasteiger partial charge in [-0.2, -0.15) is 0 Å². The molecule has 24 heavy (non-hydrogen) atoms. The number of thioether (sulfide) groups is 1. The monoisotopic (exact) mass is 349 g/mol. The van der Waals surface area contributed by atoms with Gasteiger partial charge in [-0.15, -0.1) is 0 Å². The van der Waals surface area contributed by atoms with E-state index in [2.05, 4.69) is 10.3 Å². The Morgan fingerprint density at radius 3 is 2.71 bits per heavy atom. The minimum atomic E-state index is -0.374. The zero-order valence-electron chi connectivity index (χ0n) is 14.2. The molecular formula is C17H23N3O3S.